The van der Waals surface area contributed by atoms with E-state index in [0.29, 0.717) is 13.0 Å². The monoisotopic (exact) mass is 992 g/mol. The zero-order valence-corrected chi connectivity index (χ0v) is 45.3. The quantitative estimate of drug-likeness (QED) is 0.0232. The standard InChI is InChI=1S/C58H106NO9P/c1-3-5-7-9-11-13-15-17-19-21-23-25-27-29-31-33-35-37-39-41-43-45-47-49-51-65-52-55(53-66-69(63,64)67-54-56(59)58(61)62)68-57(60)50-48-46-44-42-40-38-36-34-32-30-28-26-24-22-20-18-16-14-12-10-8-6-4-2/h5,7,11,13,17,19,23,25,29,31,55-56H,3-4,6,8-10,12,14-16,18,20-22,24,26-28,30,32-54,59H2,1-2H3,(H,61,62)(H,63,64)/b7-5-,13-11-,19-17-,25-23-,31-29-. The Kier molecular flexibility index (Phi) is 51.7. The third kappa shape index (κ3) is 53.3. The summed E-state index contributed by atoms with van der Waals surface area (Å²) >= 11 is 0. The maximum absolute atomic E-state index is 12.7. The van der Waals surface area contributed by atoms with Crippen molar-refractivity contribution in [3.05, 3.63) is 60.8 Å². The van der Waals surface area contributed by atoms with Gasteiger partial charge in [0, 0.05) is 13.0 Å². The van der Waals surface area contributed by atoms with Crippen molar-refractivity contribution in [3.63, 3.8) is 0 Å². The largest absolute Gasteiger partial charge is 0.480 e. The zero-order chi connectivity index (χ0) is 50.4. The highest BCUT2D eigenvalue weighted by atomic mass is 31.2. The van der Waals surface area contributed by atoms with E-state index in [-0.39, 0.29) is 13.0 Å². The van der Waals surface area contributed by atoms with Gasteiger partial charge in [-0.3, -0.25) is 18.6 Å². The lowest BCUT2D eigenvalue weighted by Gasteiger charge is -2.20. The molecule has 0 aromatic rings. The van der Waals surface area contributed by atoms with Crippen molar-refractivity contribution in [2.24, 2.45) is 5.73 Å². The summed E-state index contributed by atoms with van der Waals surface area (Å²) in [5, 5.41) is 8.95. The second kappa shape index (κ2) is 53.5. The predicted molar refractivity (Wildman–Crippen MR) is 291 cm³/mol. The summed E-state index contributed by atoms with van der Waals surface area (Å²) in [5.41, 5.74) is 5.39. The first-order valence-corrected chi connectivity index (χ1v) is 29.8. The van der Waals surface area contributed by atoms with Crippen molar-refractivity contribution in [3.8, 4) is 0 Å². The number of esters is 1. The SMILES string of the molecule is CC/C=C\C/C=C\C/C=C\C/C=C\C/C=C\CCCCCCCCCCOCC(COP(=O)(O)OCC(N)C(=O)O)OC(=O)CCCCCCCCCCCCCCCCCCCCCCCCC. The second-order valence-electron chi connectivity index (χ2n) is 19.0. The van der Waals surface area contributed by atoms with Crippen LogP contribution in [-0.2, 0) is 32.7 Å². The first kappa shape index (κ1) is 66.7. The fourth-order valence-corrected chi connectivity index (χ4v) is 8.76. The molecule has 0 aliphatic carbocycles. The summed E-state index contributed by atoms with van der Waals surface area (Å²) in [6.07, 6.45) is 67.2. The molecule has 0 aliphatic heterocycles. The van der Waals surface area contributed by atoms with Crippen molar-refractivity contribution in [2.45, 2.75) is 270 Å². The molecule has 69 heavy (non-hydrogen) atoms. The molecule has 3 unspecified atom stereocenters. The van der Waals surface area contributed by atoms with Crippen LogP contribution in [0.15, 0.2) is 60.8 Å². The van der Waals surface area contributed by atoms with Crippen molar-refractivity contribution in [1.29, 1.82) is 0 Å². The number of phosphoric acid groups is 1. The first-order chi connectivity index (χ1) is 33.7. The van der Waals surface area contributed by atoms with Gasteiger partial charge in [-0.05, 0) is 57.8 Å². The molecule has 0 saturated heterocycles. The molecule has 0 aromatic heterocycles. The third-order valence-corrected chi connectivity index (χ3v) is 13.3. The maximum atomic E-state index is 12.7. The highest BCUT2D eigenvalue weighted by molar-refractivity contribution is 7.47. The van der Waals surface area contributed by atoms with Gasteiger partial charge in [-0.2, -0.15) is 0 Å². The Labute approximate surface area is 423 Å². The average molecular weight is 992 g/mol. The van der Waals surface area contributed by atoms with Crippen LogP contribution in [0.25, 0.3) is 0 Å². The number of rotatable bonds is 54. The Balaban J connectivity index is 4.09. The number of carboxylic acids is 1. The minimum Gasteiger partial charge on any atom is -0.480 e. The number of ether oxygens (including phenoxy) is 2. The van der Waals surface area contributed by atoms with Gasteiger partial charge in [0.05, 0.1) is 19.8 Å². The molecule has 0 fully saturated rings. The van der Waals surface area contributed by atoms with E-state index in [4.69, 9.17) is 29.4 Å². The van der Waals surface area contributed by atoms with Crippen LogP contribution in [0, 0.1) is 0 Å². The normalized spacial score (nSPS) is 14.0. The van der Waals surface area contributed by atoms with E-state index < -0.39 is 45.1 Å². The van der Waals surface area contributed by atoms with Crippen LogP contribution >= 0.6 is 7.82 Å². The molecule has 0 bridgehead atoms. The van der Waals surface area contributed by atoms with Crippen LogP contribution in [0.3, 0.4) is 0 Å². The van der Waals surface area contributed by atoms with E-state index in [1.54, 1.807) is 0 Å². The highest BCUT2D eigenvalue weighted by Crippen LogP contribution is 2.43. The van der Waals surface area contributed by atoms with Crippen LogP contribution in [0.2, 0.25) is 0 Å². The van der Waals surface area contributed by atoms with E-state index in [9.17, 15) is 19.0 Å². The Morgan fingerprint density at radius 1 is 0.478 bits per heavy atom. The Morgan fingerprint density at radius 3 is 1.26 bits per heavy atom. The van der Waals surface area contributed by atoms with Gasteiger partial charge in [-0.15, -0.1) is 0 Å². The van der Waals surface area contributed by atoms with Gasteiger partial charge < -0.3 is 25.2 Å². The Hall–Kier alpha value is -2.33. The van der Waals surface area contributed by atoms with Gasteiger partial charge in [-0.1, -0.05) is 254 Å². The summed E-state index contributed by atoms with van der Waals surface area (Å²) in [6.45, 7) is 3.79. The van der Waals surface area contributed by atoms with E-state index in [1.807, 2.05) is 0 Å². The van der Waals surface area contributed by atoms with Gasteiger partial charge in [0.15, 0.2) is 0 Å². The molecule has 0 aromatic carbocycles. The van der Waals surface area contributed by atoms with Crippen LogP contribution in [0.4, 0.5) is 0 Å². The van der Waals surface area contributed by atoms with Crippen molar-refractivity contribution >= 4 is 19.8 Å². The zero-order valence-electron chi connectivity index (χ0n) is 44.4. The van der Waals surface area contributed by atoms with Crippen LogP contribution in [0.5, 0.6) is 0 Å². The molecule has 0 rings (SSSR count). The van der Waals surface area contributed by atoms with Gasteiger partial charge >= 0.3 is 19.8 Å². The summed E-state index contributed by atoms with van der Waals surface area (Å²) in [7, 11) is -4.63. The number of hydrogen-bond donors (Lipinski definition) is 3. The number of allylic oxidation sites excluding steroid dienone is 10. The lowest BCUT2D eigenvalue weighted by Crippen LogP contribution is -2.34. The topological polar surface area (TPSA) is 155 Å². The minimum atomic E-state index is -4.63. The number of unbranched alkanes of at least 4 members (excludes halogenated alkanes) is 30. The fraction of sp³-hybridized carbons (Fsp3) is 0.793. The van der Waals surface area contributed by atoms with Gasteiger partial charge in [0.1, 0.15) is 12.1 Å². The molecule has 11 heteroatoms. The van der Waals surface area contributed by atoms with E-state index >= 15 is 0 Å². The number of carbonyl (C=O) groups is 2. The number of carbonyl (C=O) groups excluding carboxylic acids is 1. The number of carboxylic acid groups (broad SMARTS) is 1. The van der Waals surface area contributed by atoms with Crippen LogP contribution < -0.4 is 5.73 Å². The summed E-state index contributed by atoms with van der Waals surface area (Å²) in [5.74, 6) is -1.77. The van der Waals surface area contributed by atoms with Crippen LogP contribution in [-0.4, -0.2) is 60.5 Å². The van der Waals surface area contributed by atoms with Gasteiger partial charge in [0.25, 0.3) is 0 Å². The fourth-order valence-electron chi connectivity index (χ4n) is 7.99. The molecule has 402 valence electrons. The van der Waals surface area contributed by atoms with Crippen molar-refractivity contribution < 1.29 is 42.7 Å². The molecule has 0 aliphatic rings. The molecular weight excluding hydrogens is 886 g/mol. The average Bonchev–Trinajstić information content (AvgIpc) is 3.33. The molecule has 4 N–H and O–H groups in total. The number of nitrogens with two attached hydrogens (primary N) is 1. The molecule has 0 radical (unpaired) electrons. The predicted octanol–water partition coefficient (Wildman–Crippen LogP) is 17.1. The number of hydrogen-bond acceptors (Lipinski definition) is 8. The highest BCUT2D eigenvalue weighted by Gasteiger charge is 2.27. The lowest BCUT2D eigenvalue weighted by molar-refractivity contribution is -0.154. The van der Waals surface area contributed by atoms with E-state index in [0.717, 1.165) is 70.6 Å². The van der Waals surface area contributed by atoms with Crippen molar-refractivity contribution in [2.75, 3.05) is 26.4 Å². The second-order valence-corrected chi connectivity index (χ2v) is 20.5. The number of phosphoric ester groups is 1. The summed E-state index contributed by atoms with van der Waals surface area (Å²) < 4.78 is 33.6. The summed E-state index contributed by atoms with van der Waals surface area (Å²) in [6, 6.07) is -1.48. The van der Waals surface area contributed by atoms with E-state index in [2.05, 4.69) is 74.6 Å². The molecule has 0 heterocycles. The van der Waals surface area contributed by atoms with Crippen molar-refractivity contribution in [1.82, 2.24) is 0 Å². The maximum Gasteiger partial charge on any atom is 0.472 e. The third-order valence-electron chi connectivity index (χ3n) is 12.3. The first-order valence-electron chi connectivity index (χ1n) is 28.3. The van der Waals surface area contributed by atoms with Gasteiger partial charge in [0.2, 0.25) is 0 Å². The van der Waals surface area contributed by atoms with Gasteiger partial charge in [-0.25, -0.2) is 4.57 Å². The molecular formula is C58H106NO9P. The molecule has 3 atom stereocenters. The number of aliphatic carboxylic acids is 1. The molecule has 0 amide bonds. The lowest BCUT2D eigenvalue weighted by atomic mass is 10.0. The molecule has 10 nitrogen and oxygen atoms in total. The molecule has 0 spiro atoms. The molecule has 0 saturated carbocycles. The Morgan fingerprint density at radius 2 is 0.841 bits per heavy atom. The minimum absolute atomic E-state index is 0.0116. The Bertz CT molecular complexity index is 1330. The van der Waals surface area contributed by atoms with Crippen LogP contribution in [0.1, 0.15) is 258 Å². The van der Waals surface area contributed by atoms with E-state index in [1.165, 1.54) is 161 Å². The summed E-state index contributed by atoms with van der Waals surface area (Å²) in [4.78, 5) is 33.8. The smallest absolute Gasteiger partial charge is 0.472 e.